The number of rotatable bonds is 11. The van der Waals surface area contributed by atoms with E-state index in [1.54, 1.807) is 11.1 Å². The van der Waals surface area contributed by atoms with Gasteiger partial charge in [0.25, 0.3) is 0 Å². The van der Waals surface area contributed by atoms with Crippen molar-refractivity contribution in [2.75, 3.05) is 0 Å². The average Bonchev–Trinajstić information content (AvgIpc) is 3.63. The number of allylic oxidation sites excluding steroid dienone is 8. The van der Waals surface area contributed by atoms with Gasteiger partial charge in [-0.05, 0) is 132 Å². The maximum atomic E-state index is 4.82. The van der Waals surface area contributed by atoms with Gasteiger partial charge >= 0.3 is 0 Å². The number of hydrogen-bond acceptors (Lipinski definition) is 0. The molecule has 0 N–H and O–H groups in total. The van der Waals surface area contributed by atoms with Gasteiger partial charge in [-0.25, -0.2) is 0 Å². The largest absolute Gasteiger partial charge is 0.0955 e. The Labute approximate surface area is 279 Å². The molecule has 0 aliphatic heterocycles. The smallest absolute Gasteiger partial charge is 0.0201 e. The highest BCUT2D eigenvalue weighted by molar-refractivity contribution is 5.68. The fourth-order valence-electron chi connectivity index (χ4n) is 8.33. The summed E-state index contributed by atoms with van der Waals surface area (Å²) in [6.45, 7) is 22.5. The molecule has 46 heavy (non-hydrogen) atoms. The number of aryl methyl sites for hydroxylation is 5. The van der Waals surface area contributed by atoms with Crippen molar-refractivity contribution in [1.29, 1.82) is 0 Å². The van der Waals surface area contributed by atoms with E-state index in [0.29, 0.717) is 11.8 Å². The first-order valence-corrected chi connectivity index (χ1v) is 17.7. The van der Waals surface area contributed by atoms with Crippen LogP contribution in [0.4, 0.5) is 0 Å². The van der Waals surface area contributed by atoms with Crippen molar-refractivity contribution in [2.45, 2.75) is 97.8 Å². The summed E-state index contributed by atoms with van der Waals surface area (Å²) in [6.07, 6.45) is 16.2. The van der Waals surface area contributed by atoms with Crippen LogP contribution >= 0.6 is 0 Å². The van der Waals surface area contributed by atoms with Crippen LogP contribution in [0.3, 0.4) is 0 Å². The van der Waals surface area contributed by atoms with Crippen molar-refractivity contribution in [3.05, 3.63) is 164 Å². The first kappa shape index (κ1) is 32.1. The summed E-state index contributed by atoms with van der Waals surface area (Å²) in [5, 5.41) is 0. The minimum atomic E-state index is 0.297. The maximum absolute atomic E-state index is 4.82. The molecule has 3 aliphatic carbocycles. The summed E-state index contributed by atoms with van der Waals surface area (Å²) < 4.78 is 0. The molecule has 0 saturated heterocycles. The third-order valence-electron chi connectivity index (χ3n) is 10.7. The third kappa shape index (κ3) is 6.50. The summed E-state index contributed by atoms with van der Waals surface area (Å²) in [4.78, 5) is 0. The standard InChI is InChI=1S/C46H52/c1-8-11-31(5)44-32(6)25-43-29-42(33(7)45(43)46(44)41-24-23-37-13-10-14-40(37)28-41)27-35-18-22-38(39(26-35)12-9-2)21-17-34-15-19-36(20-16-34)30(3)4/h15-16,18-20,22-28,45-46H,3,5,7-14,17,21,29H2,1-2,4,6H3/b42-27+. The first-order chi connectivity index (χ1) is 22.3. The molecule has 236 valence electrons. The van der Waals surface area contributed by atoms with Crippen LogP contribution < -0.4 is 0 Å². The molecule has 1 fully saturated rings. The van der Waals surface area contributed by atoms with Gasteiger partial charge in [0, 0.05) is 11.8 Å². The van der Waals surface area contributed by atoms with Crippen molar-refractivity contribution in [3.8, 4) is 0 Å². The fourth-order valence-corrected chi connectivity index (χ4v) is 8.33. The Morgan fingerprint density at radius 1 is 0.826 bits per heavy atom. The molecule has 0 heteroatoms. The molecule has 0 nitrogen and oxygen atoms in total. The molecule has 1 saturated carbocycles. The fraction of sp³-hybridized carbons (Fsp3) is 0.348. The lowest BCUT2D eigenvalue weighted by Crippen LogP contribution is -2.21. The van der Waals surface area contributed by atoms with E-state index in [4.69, 9.17) is 6.58 Å². The summed E-state index contributed by atoms with van der Waals surface area (Å²) in [5.41, 5.74) is 20.9. The molecule has 0 spiro atoms. The highest BCUT2D eigenvalue weighted by Gasteiger charge is 2.41. The third-order valence-corrected chi connectivity index (χ3v) is 10.7. The van der Waals surface area contributed by atoms with Crippen molar-refractivity contribution < 1.29 is 0 Å². The van der Waals surface area contributed by atoms with Crippen LogP contribution in [0.25, 0.3) is 11.6 Å². The van der Waals surface area contributed by atoms with Crippen LogP contribution in [-0.2, 0) is 32.1 Å². The monoisotopic (exact) mass is 604 g/mol. The summed E-state index contributed by atoms with van der Waals surface area (Å²) in [5.74, 6) is 0.606. The lowest BCUT2D eigenvalue weighted by atomic mass is 9.69. The Hall–Kier alpha value is -3.90. The van der Waals surface area contributed by atoms with Gasteiger partial charge in [0.1, 0.15) is 0 Å². The van der Waals surface area contributed by atoms with Gasteiger partial charge in [-0.3, -0.25) is 0 Å². The molecule has 0 heterocycles. The van der Waals surface area contributed by atoms with E-state index < -0.39 is 0 Å². The second-order valence-electron chi connectivity index (χ2n) is 14.1. The van der Waals surface area contributed by atoms with Crippen LogP contribution in [0.15, 0.2) is 120 Å². The quantitative estimate of drug-likeness (QED) is 0.204. The van der Waals surface area contributed by atoms with Crippen LogP contribution in [-0.4, -0.2) is 0 Å². The molecular weight excluding hydrogens is 553 g/mol. The second kappa shape index (κ2) is 13.8. The molecule has 0 radical (unpaired) electrons. The van der Waals surface area contributed by atoms with Gasteiger partial charge in [-0.1, -0.05) is 136 Å². The van der Waals surface area contributed by atoms with E-state index in [9.17, 15) is 0 Å². The molecule has 0 bridgehead atoms. The average molecular weight is 605 g/mol. The molecule has 2 unspecified atom stereocenters. The minimum absolute atomic E-state index is 0.297. The van der Waals surface area contributed by atoms with Crippen LogP contribution in [0, 0.1) is 5.92 Å². The zero-order chi connectivity index (χ0) is 32.4. The van der Waals surface area contributed by atoms with Crippen molar-refractivity contribution in [1.82, 2.24) is 0 Å². The lowest BCUT2D eigenvalue weighted by molar-refractivity contribution is 0.619. The highest BCUT2D eigenvalue weighted by Crippen LogP contribution is 2.55. The summed E-state index contributed by atoms with van der Waals surface area (Å²) >= 11 is 0. The Kier molecular flexibility index (Phi) is 9.65. The van der Waals surface area contributed by atoms with E-state index in [1.165, 1.54) is 86.1 Å². The lowest BCUT2D eigenvalue weighted by Gasteiger charge is -2.35. The van der Waals surface area contributed by atoms with Gasteiger partial charge in [-0.2, -0.15) is 0 Å². The number of benzene rings is 3. The first-order valence-electron chi connectivity index (χ1n) is 17.7. The van der Waals surface area contributed by atoms with E-state index in [2.05, 4.69) is 114 Å². The molecule has 3 aliphatic rings. The van der Waals surface area contributed by atoms with Gasteiger partial charge in [0.2, 0.25) is 0 Å². The SMILES string of the molecule is C=C(CCC)C1=C(C)C=C2C/C(=C\c3ccc(CCc4ccc(C(=C)C)cc4)c(CCC)c3)C(=C)C2C1c1ccc2c(c1)CCC2. The zero-order valence-corrected chi connectivity index (χ0v) is 28.8. The predicted octanol–water partition coefficient (Wildman–Crippen LogP) is 12.3. The van der Waals surface area contributed by atoms with E-state index in [1.807, 2.05) is 0 Å². The van der Waals surface area contributed by atoms with Gasteiger partial charge < -0.3 is 0 Å². The zero-order valence-electron chi connectivity index (χ0n) is 28.8. The molecule has 6 rings (SSSR count). The molecule has 2 atom stereocenters. The van der Waals surface area contributed by atoms with E-state index in [0.717, 1.165) is 50.5 Å². The van der Waals surface area contributed by atoms with Crippen molar-refractivity contribution >= 4 is 11.6 Å². The molecule has 3 aromatic carbocycles. The van der Waals surface area contributed by atoms with Crippen molar-refractivity contribution in [3.63, 3.8) is 0 Å². The van der Waals surface area contributed by atoms with Gasteiger partial charge in [0.05, 0.1) is 0 Å². The van der Waals surface area contributed by atoms with E-state index >= 15 is 0 Å². The minimum Gasteiger partial charge on any atom is -0.0955 e. The highest BCUT2D eigenvalue weighted by atomic mass is 14.4. The molecular formula is C46H52. The van der Waals surface area contributed by atoms with E-state index in [-0.39, 0.29) is 0 Å². The van der Waals surface area contributed by atoms with Crippen molar-refractivity contribution in [2.24, 2.45) is 5.92 Å². The Morgan fingerprint density at radius 3 is 2.35 bits per heavy atom. The molecule has 3 aromatic rings. The van der Waals surface area contributed by atoms with Crippen LogP contribution in [0.2, 0.25) is 0 Å². The van der Waals surface area contributed by atoms with Crippen LogP contribution in [0.1, 0.15) is 110 Å². The Balaban J connectivity index is 1.28. The predicted molar refractivity (Wildman–Crippen MR) is 200 cm³/mol. The maximum Gasteiger partial charge on any atom is 0.0201 e. The number of hydrogen-bond donors (Lipinski definition) is 0. The number of fused-ring (bicyclic) bond motifs is 2. The molecule has 0 aromatic heterocycles. The normalized spacial score (nSPS) is 19.8. The Morgan fingerprint density at radius 2 is 1.61 bits per heavy atom. The Bertz CT molecular complexity index is 1760. The summed E-state index contributed by atoms with van der Waals surface area (Å²) in [7, 11) is 0. The van der Waals surface area contributed by atoms with Crippen LogP contribution in [0.5, 0.6) is 0 Å². The summed E-state index contributed by atoms with van der Waals surface area (Å²) in [6, 6.07) is 23.5. The molecule has 0 amide bonds. The topological polar surface area (TPSA) is 0 Å². The van der Waals surface area contributed by atoms with Gasteiger partial charge in [-0.15, -0.1) is 0 Å². The van der Waals surface area contributed by atoms with Gasteiger partial charge in [0.15, 0.2) is 0 Å². The second-order valence-corrected chi connectivity index (χ2v) is 14.1.